The van der Waals surface area contributed by atoms with Crippen LogP contribution in [0.3, 0.4) is 0 Å². The van der Waals surface area contributed by atoms with Crippen LogP contribution in [-0.2, 0) is 30.1 Å². The van der Waals surface area contributed by atoms with Gasteiger partial charge in [0.2, 0.25) is 15.9 Å². The van der Waals surface area contributed by atoms with Gasteiger partial charge in [-0.15, -0.1) is 0 Å². The summed E-state index contributed by atoms with van der Waals surface area (Å²) in [4.78, 5) is 26.7. The molecule has 2 aromatic rings. The largest absolute Gasteiger partial charge is 0.356 e. The number of sulfonamides is 1. The number of nitrogens with one attached hydrogen (secondary N) is 1. The number of rotatable bonds is 6. The summed E-state index contributed by atoms with van der Waals surface area (Å²) in [5, 5.41) is 2.79. The van der Waals surface area contributed by atoms with Crippen LogP contribution in [-0.4, -0.2) is 63.3 Å². The van der Waals surface area contributed by atoms with Crippen molar-refractivity contribution in [2.24, 2.45) is 0 Å². The normalized spacial score (nSPS) is 19.7. The summed E-state index contributed by atoms with van der Waals surface area (Å²) in [6, 6.07) is 15.3. The molecular formula is C21H25N3O5S. The number of ether oxygens (including phenoxy) is 1. The molecule has 2 amide bonds. The van der Waals surface area contributed by atoms with E-state index in [1.807, 2.05) is 30.3 Å². The molecule has 0 spiro atoms. The maximum atomic E-state index is 13.0. The summed E-state index contributed by atoms with van der Waals surface area (Å²) in [7, 11) is 1.18. The zero-order valence-electron chi connectivity index (χ0n) is 17.1. The Morgan fingerprint density at radius 2 is 1.87 bits per heavy atom. The van der Waals surface area contributed by atoms with Crippen molar-refractivity contribution in [3.05, 3.63) is 65.7 Å². The Hall–Kier alpha value is -2.75. The van der Waals surface area contributed by atoms with Crippen molar-refractivity contribution in [1.29, 1.82) is 0 Å². The molecule has 0 aliphatic carbocycles. The van der Waals surface area contributed by atoms with Gasteiger partial charge in [0.25, 0.3) is 5.91 Å². The van der Waals surface area contributed by atoms with Crippen LogP contribution in [0.5, 0.6) is 0 Å². The van der Waals surface area contributed by atoms with Gasteiger partial charge in [-0.25, -0.2) is 12.7 Å². The Morgan fingerprint density at radius 1 is 1.17 bits per heavy atom. The molecule has 0 unspecified atom stereocenters. The number of carbonyl (C=O) groups is 2. The molecule has 9 heteroatoms. The quantitative estimate of drug-likeness (QED) is 0.750. The van der Waals surface area contributed by atoms with Gasteiger partial charge in [0.05, 0.1) is 11.8 Å². The molecule has 1 heterocycles. The van der Waals surface area contributed by atoms with Crippen molar-refractivity contribution in [1.82, 2.24) is 9.21 Å². The Kier molecular flexibility index (Phi) is 6.55. The molecule has 1 N–H and O–H groups in total. The van der Waals surface area contributed by atoms with E-state index >= 15 is 0 Å². The Balaban J connectivity index is 1.81. The van der Waals surface area contributed by atoms with Crippen molar-refractivity contribution in [3.63, 3.8) is 0 Å². The Labute approximate surface area is 176 Å². The number of hydrogen-bond donors (Lipinski definition) is 1. The summed E-state index contributed by atoms with van der Waals surface area (Å²) in [5.41, 5.74) is 1.80. The van der Waals surface area contributed by atoms with E-state index in [1.165, 1.54) is 19.0 Å². The molecule has 1 fully saturated rings. The zero-order chi connectivity index (χ0) is 21.9. The van der Waals surface area contributed by atoms with Gasteiger partial charge in [-0.2, -0.15) is 0 Å². The molecule has 1 saturated heterocycles. The molecule has 160 valence electrons. The minimum absolute atomic E-state index is 0.173. The number of likely N-dealkylation sites (N-methyl/N-ethyl adjacent to an activating group) is 1. The fourth-order valence-corrected chi connectivity index (χ4v) is 4.13. The van der Waals surface area contributed by atoms with E-state index in [0.717, 1.165) is 9.87 Å². The molecule has 0 saturated carbocycles. The van der Waals surface area contributed by atoms with Crippen LogP contribution < -0.4 is 5.32 Å². The van der Waals surface area contributed by atoms with Gasteiger partial charge >= 0.3 is 0 Å². The Morgan fingerprint density at radius 3 is 2.53 bits per heavy atom. The molecule has 1 aliphatic heterocycles. The van der Waals surface area contributed by atoms with Crippen molar-refractivity contribution < 1.29 is 22.7 Å². The molecule has 0 radical (unpaired) electrons. The maximum absolute atomic E-state index is 13.0. The number of anilines is 1. The van der Waals surface area contributed by atoms with Gasteiger partial charge in [-0.1, -0.05) is 42.5 Å². The first-order valence-corrected chi connectivity index (χ1v) is 11.0. The summed E-state index contributed by atoms with van der Waals surface area (Å²) in [5.74, 6) is -0.785. The summed E-state index contributed by atoms with van der Waals surface area (Å²) >= 11 is 0. The predicted molar refractivity (Wildman–Crippen MR) is 113 cm³/mol. The van der Waals surface area contributed by atoms with E-state index in [4.69, 9.17) is 4.74 Å². The predicted octanol–water partition coefficient (Wildman–Crippen LogP) is 1.61. The minimum Gasteiger partial charge on any atom is -0.356 e. The molecule has 3 rings (SSSR count). The summed E-state index contributed by atoms with van der Waals surface area (Å²) in [6.45, 7) is -0.182. The van der Waals surface area contributed by atoms with Crippen LogP contribution >= 0.6 is 0 Å². The number of carbonyl (C=O) groups excluding carboxylic acids is 2. The molecule has 0 aromatic heterocycles. The molecular weight excluding hydrogens is 406 g/mol. The van der Waals surface area contributed by atoms with Crippen molar-refractivity contribution >= 4 is 27.5 Å². The standard InChI is InChI=1S/C21H25N3O5S/c1-23(2)30(27,28)14-15-8-7-11-17(12-15)22-21(26)20-19(16-9-5-4-6-10-16)24(3)18(25)13-29-20/h4-12,19-20H,13-14H2,1-3H3,(H,22,26)/t19-,20-/m1/s1. The molecule has 0 bridgehead atoms. The lowest BCUT2D eigenvalue weighted by Gasteiger charge is -2.38. The van der Waals surface area contributed by atoms with Crippen LogP contribution in [0.15, 0.2) is 54.6 Å². The fourth-order valence-electron chi connectivity index (χ4n) is 3.27. The summed E-state index contributed by atoms with van der Waals surface area (Å²) < 4.78 is 31.0. The lowest BCUT2D eigenvalue weighted by Crippen LogP contribution is -2.51. The van der Waals surface area contributed by atoms with E-state index in [2.05, 4.69) is 5.32 Å². The molecule has 8 nitrogen and oxygen atoms in total. The smallest absolute Gasteiger partial charge is 0.256 e. The third-order valence-corrected chi connectivity index (χ3v) is 6.79. The fraction of sp³-hybridized carbons (Fsp3) is 0.333. The van der Waals surface area contributed by atoms with E-state index < -0.39 is 28.1 Å². The SMILES string of the molecule is CN1C(=O)CO[C@@H](C(=O)Nc2cccc(CS(=O)(=O)N(C)C)c2)[C@H]1c1ccccc1. The third kappa shape index (κ3) is 4.86. The number of amides is 2. The number of nitrogens with zero attached hydrogens (tertiary/aromatic N) is 2. The zero-order valence-corrected chi connectivity index (χ0v) is 17.9. The second kappa shape index (κ2) is 8.95. The van der Waals surface area contributed by atoms with E-state index in [1.54, 1.807) is 31.3 Å². The van der Waals surface area contributed by atoms with E-state index in [-0.39, 0.29) is 18.3 Å². The first-order valence-electron chi connectivity index (χ1n) is 9.41. The Bertz CT molecular complexity index is 1020. The molecule has 2 atom stereocenters. The van der Waals surface area contributed by atoms with Crippen LogP contribution in [0.1, 0.15) is 17.2 Å². The van der Waals surface area contributed by atoms with Crippen molar-refractivity contribution in [3.8, 4) is 0 Å². The lowest BCUT2D eigenvalue weighted by molar-refractivity contribution is -0.160. The number of morpholine rings is 1. The average molecular weight is 432 g/mol. The summed E-state index contributed by atoms with van der Waals surface area (Å²) in [6.07, 6.45) is -0.899. The van der Waals surface area contributed by atoms with E-state index in [0.29, 0.717) is 11.3 Å². The molecule has 2 aromatic carbocycles. The minimum atomic E-state index is -3.42. The lowest BCUT2D eigenvalue weighted by atomic mass is 9.97. The van der Waals surface area contributed by atoms with Gasteiger partial charge in [0.1, 0.15) is 6.61 Å². The molecule has 30 heavy (non-hydrogen) atoms. The monoisotopic (exact) mass is 431 g/mol. The van der Waals surface area contributed by atoms with Gasteiger partial charge in [-0.05, 0) is 23.3 Å². The average Bonchev–Trinajstić information content (AvgIpc) is 2.70. The van der Waals surface area contributed by atoms with Crippen LogP contribution in [0, 0.1) is 0 Å². The van der Waals surface area contributed by atoms with Crippen LogP contribution in [0.2, 0.25) is 0 Å². The van der Waals surface area contributed by atoms with Crippen LogP contribution in [0.4, 0.5) is 5.69 Å². The van der Waals surface area contributed by atoms with Crippen molar-refractivity contribution in [2.75, 3.05) is 33.1 Å². The van der Waals surface area contributed by atoms with Gasteiger partial charge in [0, 0.05) is 26.8 Å². The maximum Gasteiger partial charge on any atom is 0.256 e. The number of benzene rings is 2. The van der Waals surface area contributed by atoms with Crippen molar-refractivity contribution in [2.45, 2.75) is 17.9 Å². The van der Waals surface area contributed by atoms with Gasteiger partial charge < -0.3 is 15.0 Å². The first kappa shape index (κ1) is 21.9. The first-order chi connectivity index (χ1) is 14.2. The third-order valence-electron chi connectivity index (χ3n) is 4.98. The highest BCUT2D eigenvalue weighted by molar-refractivity contribution is 7.88. The highest BCUT2D eigenvalue weighted by Gasteiger charge is 2.40. The second-order valence-electron chi connectivity index (χ2n) is 7.32. The van der Waals surface area contributed by atoms with Gasteiger partial charge in [0.15, 0.2) is 6.10 Å². The van der Waals surface area contributed by atoms with Gasteiger partial charge in [-0.3, -0.25) is 9.59 Å². The van der Waals surface area contributed by atoms with Crippen LogP contribution in [0.25, 0.3) is 0 Å². The van der Waals surface area contributed by atoms with E-state index in [9.17, 15) is 18.0 Å². The second-order valence-corrected chi connectivity index (χ2v) is 9.50. The topological polar surface area (TPSA) is 96.0 Å². The highest BCUT2D eigenvalue weighted by atomic mass is 32.2. The number of hydrogen-bond acceptors (Lipinski definition) is 5. The highest BCUT2D eigenvalue weighted by Crippen LogP contribution is 2.30. The molecule has 1 aliphatic rings.